The number of ether oxygens (including phenoxy) is 1. The van der Waals surface area contributed by atoms with E-state index < -0.39 is 0 Å². The second kappa shape index (κ2) is 4.46. The Hall–Kier alpha value is -1.81. The number of aromatic nitrogens is 2. The molecule has 1 N–H and O–H groups in total. The van der Waals surface area contributed by atoms with Crippen LogP contribution < -0.4 is 4.74 Å². The third kappa shape index (κ3) is 1.78. The minimum atomic E-state index is 0.847. The number of nitrogens with one attached hydrogen (secondary N) is 1. The second-order valence-electron chi connectivity index (χ2n) is 4.10. The number of fused-ring (bicyclic) bond motifs is 1. The van der Waals surface area contributed by atoms with Gasteiger partial charge in [-0.25, -0.2) is 4.98 Å². The first-order chi connectivity index (χ1) is 8.81. The van der Waals surface area contributed by atoms with Crippen LogP contribution in [0.25, 0.3) is 21.7 Å². The molecule has 3 rings (SSSR count). The highest BCUT2D eigenvalue weighted by Gasteiger charge is 2.10. The molecule has 0 unspecified atom stereocenters. The van der Waals surface area contributed by atoms with Crippen LogP contribution in [-0.2, 0) is 6.42 Å². The number of methoxy groups -OCH3 is 1. The lowest BCUT2D eigenvalue weighted by molar-refractivity contribution is 0.415. The molecule has 0 aliphatic rings. The van der Waals surface area contributed by atoms with Gasteiger partial charge < -0.3 is 9.72 Å². The molecule has 0 spiro atoms. The van der Waals surface area contributed by atoms with Gasteiger partial charge in [-0.05, 0) is 35.6 Å². The van der Waals surface area contributed by atoms with Crippen LogP contribution in [0.15, 0.2) is 29.6 Å². The van der Waals surface area contributed by atoms with Gasteiger partial charge in [-0.3, -0.25) is 0 Å². The van der Waals surface area contributed by atoms with Gasteiger partial charge in [0.2, 0.25) is 0 Å². The van der Waals surface area contributed by atoms with E-state index in [4.69, 9.17) is 4.74 Å². The number of rotatable bonds is 3. The van der Waals surface area contributed by atoms with E-state index in [1.165, 1.54) is 10.4 Å². The van der Waals surface area contributed by atoms with Crippen LogP contribution in [0, 0.1) is 0 Å². The predicted molar refractivity (Wildman–Crippen MR) is 75.3 cm³/mol. The molecule has 0 amide bonds. The zero-order chi connectivity index (χ0) is 12.5. The highest BCUT2D eigenvalue weighted by Crippen LogP contribution is 2.30. The van der Waals surface area contributed by atoms with Gasteiger partial charge in [-0.1, -0.05) is 6.92 Å². The van der Waals surface area contributed by atoms with Gasteiger partial charge in [-0.15, -0.1) is 11.3 Å². The Labute approximate surface area is 109 Å². The molecule has 0 radical (unpaired) electrons. The van der Waals surface area contributed by atoms with Crippen molar-refractivity contribution in [2.45, 2.75) is 13.3 Å². The Balaban J connectivity index is 2.13. The smallest absolute Gasteiger partial charge is 0.148 e. The summed E-state index contributed by atoms with van der Waals surface area (Å²) in [7, 11) is 1.67. The van der Waals surface area contributed by atoms with E-state index in [2.05, 4.69) is 28.3 Å². The number of aryl methyl sites for hydroxylation is 1. The van der Waals surface area contributed by atoms with Gasteiger partial charge in [0.25, 0.3) is 0 Å². The number of thiophene rings is 1. The zero-order valence-electron chi connectivity index (χ0n) is 10.4. The van der Waals surface area contributed by atoms with Crippen LogP contribution in [0.5, 0.6) is 5.75 Å². The molecule has 3 aromatic rings. The fraction of sp³-hybridized carbons (Fsp3) is 0.214. The zero-order valence-corrected chi connectivity index (χ0v) is 11.2. The van der Waals surface area contributed by atoms with Crippen LogP contribution in [0.4, 0.5) is 0 Å². The molecule has 2 heterocycles. The fourth-order valence-corrected chi connectivity index (χ4v) is 2.99. The summed E-state index contributed by atoms with van der Waals surface area (Å²) >= 11 is 1.73. The second-order valence-corrected chi connectivity index (χ2v) is 5.01. The molecule has 4 heteroatoms. The lowest BCUT2D eigenvalue weighted by Crippen LogP contribution is -1.82. The summed E-state index contributed by atoms with van der Waals surface area (Å²) in [6, 6.07) is 8.05. The maximum absolute atomic E-state index is 5.22. The van der Waals surface area contributed by atoms with Crippen LogP contribution in [0.2, 0.25) is 0 Å². The third-order valence-corrected chi connectivity index (χ3v) is 4.00. The van der Waals surface area contributed by atoms with Crippen molar-refractivity contribution in [1.82, 2.24) is 9.97 Å². The standard InChI is InChI=1S/C14H14N2OS/c1-3-9-6-7-18-13(9)14-15-11-5-4-10(17-2)8-12(11)16-14/h4-8H,3H2,1-2H3,(H,15,16). The third-order valence-electron chi connectivity index (χ3n) is 3.03. The molecule has 3 nitrogen and oxygen atoms in total. The maximum atomic E-state index is 5.22. The number of nitrogens with zero attached hydrogens (tertiary/aromatic N) is 1. The van der Waals surface area contributed by atoms with Crippen molar-refractivity contribution in [3.8, 4) is 16.5 Å². The molecule has 18 heavy (non-hydrogen) atoms. The Morgan fingerprint density at radius 2 is 2.22 bits per heavy atom. The van der Waals surface area contributed by atoms with Crippen molar-refractivity contribution >= 4 is 22.4 Å². The van der Waals surface area contributed by atoms with Crippen LogP contribution in [0.3, 0.4) is 0 Å². The average Bonchev–Trinajstić information content (AvgIpc) is 3.03. The summed E-state index contributed by atoms with van der Waals surface area (Å²) in [5.41, 5.74) is 3.33. The first-order valence-corrected chi connectivity index (χ1v) is 6.80. The molecule has 0 saturated heterocycles. The molecular formula is C14H14N2OS. The van der Waals surface area contributed by atoms with Gasteiger partial charge in [0.05, 0.1) is 23.0 Å². The molecular weight excluding hydrogens is 244 g/mol. The summed E-state index contributed by atoms with van der Waals surface area (Å²) in [5.74, 6) is 1.80. The highest BCUT2D eigenvalue weighted by atomic mass is 32.1. The SMILES string of the molecule is CCc1ccsc1-c1nc2ccc(OC)cc2[nH]1. The fourth-order valence-electron chi connectivity index (χ4n) is 2.05. The Bertz CT molecular complexity index is 684. The molecule has 0 aliphatic heterocycles. The molecule has 2 aromatic heterocycles. The van der Waals surface area contributed by atoms with Crippen molar-refractivity contribution < 1.29 is 4.74 Å². The normalized spacial score (nSPS) is 11.0. The predicted octanol–water partition coefficient (Wildman–Crippen LogP) is 3.86. The monoisotopic (exact) mass is 258 g/mol. The highest BCUT2D eigenvalue weighted by molar-refractivity contribution is 7.13. The first-order valence-electron chi connectivity index (χ1n) is 5.92. The van der Waals surface area contributed by atoms with Gasteiger partial charge in [0, 0.05) is 6.07 Å². The van der Waals surface area contributed by atoms with Gasteiger partial charge in [0.15, 0.2) is 0 Å². The van der Waals surface area contributed by atoms with E-state index in [9.17, 15) is 0 Å². The average molecular weight is 258 g/mol. The van der Waals surface area contributed by atoms with Crippen LogP contribution in [0.1, 0.15) is 12.5 Å². The summed E-state index contributed by atoms with van der Waals surface area (Å²) in [5, 5.41) is 2.11. The number of imidazole rings is 1. The lowest BCUT2D eigenvalue weighted by atomic mass is 10.2. The van der Waals surface area contributed by atoms with E-state index >= 15 is 0 Å². The minimum absolute atomic E-state index is 0.847. The molecule has 0 aliphatic carbocycles. The minimum Gasteiger partial charge on any atom is -0.497 e. The Morgan fingerprint density at radius 1 is 1.33 bits per heavy atom. The van der Waals surface area contributed by atoms with Crippen molar-refractivity contribution in [3.05, 3.63) is 35.2 Å². The molecule has 0 saturated carbocycles. The molecule has 1 aromatic carbocycles. The number of benzene rings is 1. The summed E-state index contributed by atoms with van der Waals surface area (Å²) in [4.78, 5) is 9.23. The topological polar surface area (TPSA) is 37.9 Å². The van der Waals surface area contributed by atoms with Crippen LogP contribution >= 0.6 is 11.3 Å². The number of hydrogen-bond donors (Lipinski definition) is 1. The quantitative estimate of drug-likeness (QED) is 0.774. The summed E-state index contributed by atoms with van der Waals surface area (Å²) in [6.45, 7) is 2.16. The van der Waals surface area contributed by atoms with Gasteiger partial charge >= 0.3 is 0 Å². The van der Waals surface area contributed by atoms with Crippen LogP contribution in [-0.4, -0.2) is 17.1 Å². The maximum Gasteiger partial charge on any atom is 0.148 e. The summed E-state index contributed by atoms with van der Waals surface area (Å²) in [6.07, 6.45) is 1.03. The number of aromatic amines is 1. The van der Waals surface area contributed by atoms with Crippen molar-refractivity contribution in [2.75, 3.05) is 7.11 Å². The number of H-pyrrole nitrogens is 1. The first kappa shape index (κ1) is 11.3. The Morgan fingerprint density at radius 3 is 3.00 bits per heavy atom. The van der Waals surface area contributed by atoms with Crippen molar-refractivity contribution in [3.63, 3.8) is 0 Å². The van der Waals surface area contributed by atoms with E-state index in [0.717, 1.165) is 29.0 Å². The van der Waals surface area contributed by atoms with Gasteiger partial charge in [-0.2, -0.15) is 0 Å². The lowest BCUT2D eigenvalue weighted by Gasteiger charge is -1.97. The summed E-state index contributed by atoms with van der Waals surface area (Å²) < 4.78 is 5.22. The Kier molecular flexibility index (Phi) is 2.80. The van der Waals surface area contributed by atoms with E-state index in [1.54, 1.807) is 18.4 Å². The van der Waals surface area contributed by atoms with E-state index in [1.807, 2.05) is 18.2 Å². The molecule has 0 fully saturated rings. The van der Waals surface area contributed by atoms with E-state index in [0.29, 0.717) is 0 Å². The molecule has 0 bridgehead atoms. The number of hydrogen-bond acceptors (Lipinski definition) is 3. The molecule has 92 valence electrons. The van der Waals surface area contributed by atoms with Crippen molar-refractivity contribution in [2.24, 2.45) is 0 Å². The van der Waals surface area contributed by atoms with Crippen molar-refractivity contribution in [1.29, 1.82) is 0 Å². The van der Waals surface area contributed by atoms with E-state index in [-0.39, 0.29) is 0 Å². The van der Waals surface area contributed by atoms with Gasteiger partial charge in [0.1, 0.15) is 11.6 Å². The largest absolute Gasteiger partial charge is 0.497 e. The molecule has 0 atom stereocenters.